The minimum absolute atomic E-state index is 0.0310. The van der Waals surface area contributed by atoms with Gasteiger partial charge in [0, 0.05) is 24.7 Å². The zero-order valence-electron chi connectivity index (χ0n) is 15.3. The van der Waals surface area contributed by atoms with E-state index in [4.69, 9.17) is 4.42 Å². The molecule has 0 unspecified atom stereocenters. The first-order chi connectivity index (χ1) is 13.9. The summed E-state index contributed by atoms with van der Waals surface area (Å²) in [6.07, 6.45) is -6.81. The minimum Gasteiger partial charge on any atom is -0.472 e. The van der Waals surface area contributed by atoms with Crippen molar-refractivity contribution in [2.45, 2.75) is 31.2 Å². The molecule has 2 heterocycles. The normalized spacial score (nSPS) is 15.9. The molecule has 0 spiro atoms. The monoisotopic (exact) mass is 434 g/mol. The van der Waals surface area contributed by atoms with E-state index in [0.717, 1.165) is 0 Å². The van der Waals surface area contributed by atoms with Crippen molar-refractivity contribution in [1.82, 2.24) is 10.2 Å². The third-order valence-corrected chi connectivity index (χ3v) is 4.74. The van der Waals surface area contributed by atoms with Crippen molar-refractivity contribution in [1.29, 1.82) is 0 Å². The number of halogens is 6. The lowest BCUT2D eigenvalue weighted by molar-refractivity contribution is -0.143. The second-order valence-corrected chi connectivity index (χ2v) is 6.85. The number of benzene rings is 1. The number of hydrogen-bond acceptors (Lipinski definition) is 3. The van der Waals surface area contributed by atoms with E-state index >= 15 is 0 Å². The van der Waals surface area contributed by atoms with Crippen molar-refractivity contribution in [3.8, 4) is 0 Å². The number of rotatable bonds is 3. The van der Waals surface area contributed by atoms with Gasteiger partial charge in [0.05, 0.1) is 23.0 Å². The third-order valence-electron chi connectivity index (χ3n) is 4.74. The number of carbonyl (C=O) groups excluding carboxylic acids is 2. The second-order valence-electron chi connectivity index (χ2n) is 6.85. The quantitative estimate of drug-likeness (QED) is 0.731. The molecule has 3 rings (SSSR count). The van der Waals surface area contributed by atoms with Crippen LogP contribution in [0.4, 0.5) is 26.3 Å². The van der Waals surface area contributed by atoms with Crippen LogP contribution in [0.5, 0.6) is 0 Å². The summed E-state index contributed by atoms with van der Waals surface area (Å²) in [5.41, 5.74) is -3.47. The molecule has 1 N–H and O–H groups in total. The largest absolute Gasteiger partial charge is 0.472 e. The predicted octanol–water partition coefficient (Wildman–Crippen LogP) is 4.35. The van der Waals surface area contributed by atoms with Crippen molar-refractivity contribution in [2.24, 2.45) is 0 Å². The van der Waals surface area contributed by atoms with Crippen molar-refractivity contribution in [2.75, 3.05) is 13.1 Å². The topological polar surface area (TPSA) is 62.6 Å². The standard InChI is InChI=1S/C19H16F6N2O3/c20-18(21,22)13-7-12(8-14(9-13)19(23,24)25)16(28)26-15-1-4-27(5-2-15)17(29)11-3-6-30-10-11/h3,6-10,15H,1-2,4-5H2,(H,26,28). The number of nitrogens with one attached hydrogen (secondary N) is 1. The molecule has 1 fully saturated rings. The molecule has 11 heteroatoms. The van der Waals surface area contributed by atoms with E-state index in [0.29, 0.717) is 30.5 Å². The molecule has 0 saturated carbocycles. The van der Waals surface area contributed by atoms with Gasteiger partial charge in [0.15, 0.2) is 0 Å². The van der Waals surface area contributed by atoms with Gasteiger partial charge in [-0.05, 0) is 37.1 Å². The molecular weight excluding hydrogens is 418 g/mol. The van der Waals surface area contributed by atoms with E-state index in [1.165, 1.54) is 23.5 Å². The highest BCUT2D eigenvalue weighted by molar-refractivity contribution is 5.95. The second kappa shape index (κ2) is 8.04. The smallest absolute Gasteiger partial charge is 0.416 e. The molecule has 1 aromatic heterocycles. The molecule has 0 radical (unpaired) electrons. The van der Waals surface area contributed by atoms with Gasteiger partial charge in [0.25, 0.3) is 11.8 Å². The summed E-state index contributed by atoms with van der Waals surface area (Å²) in [6.45, 7) is 0.538. The summed E-state index contributed by atoms with van der Waals surface area (Å²) in [6, 6.07) is 1.76. The number of furan rings is 1. The Morgan fingerprint density at radius 1 is 0.933 bits per heavy atom. The zero-order chi connectivity index (χ0) is 22.1. The molecule has 0 aliphatic carbocycles. The summed E-state index contributed by atoms with van der Waals surface area (Å²) in [5, 5.41) is 2.46. The van der Waals surface area contributed by atoms with Gasteiger partial charge in [0.1, 0.15) is 6.26 Å². The Bertz CT molecular complexity index is 881. The van der Waals surface area contributed by atoms with E-state index in [1.54, 1.807) is 0 Å². The number of nitrogens with zero attached hydrogens (tertiary/aromatic N) is 1. The Morgan fingerprint density at radius 3 is 1.97 bits per heavy atom. The fourth-order valence-electron chi connectivity index (χ4n) is 3.15. The molecule has 162 valence electrons. The first kappa shape index (κ1) is 21.7. The molecule has 1 aromatic carbocycles. The Labute approximate surface area is 166 Å². The minimum atomic E-state index is -5.03. The van der Waals surface area contributed by atoms with E-state index in [1.807, 2.05) is 0 Å². The first-order valence-corrected chi connectivity index (χ1v) is 8.87. The number of alkyl halides is 6. The van der Waals surface area contributed by atoms with Crippen molar-refractivity contribution in [3.63, 3.8) is 0 Å². The average Bonchev–Trinajstić information content (AvgIpc) is 3.21. The number of amides is 2. The predicted molar refractivity (Wildman–Crippen MR) is 91.5 cm³/mol. The molecule has 2 aromatic rings. The van der Waals surface area contributed by atoms with Crippen molar-refractivity contribution < 1.29 is 40.3 Å². The van der Waals surface area contributed by atoms with E-state index in [9.17, 15) is 35.9 Å². The SMILES string of the molecule is O=C(NC1CCN(C(=O)c2ccoc2)CC1)c1cc(C(F)(F)F)cc(C(F)(F)F)c1. The summed E-state index contributed by atoms with van der Waals surface area (Å²) in [5.74, 6) is -1.30. The molecule has 30 heavy (non-hydrogen) atoms. The fourth-order valence-corrected chi connectivity index (χ4v) is 3.15. The molecule has 1 aliphatic heterocycles. The molecule has 1 saturated heterocycles. The van der Waals surface area contributed by atoms with Crippen LogP contribution in [0.25, 0.3) is 0 Å². The number of likely N-dealkylation sites (tertiary alicyclic amines) is 1. The lowest BCUT2D eigenvalue weighted by Crippen LogP contribution is -2.46. The number of hydrogen-bond donors (Lipinski definition) is 1. The summed E-state index contributed by atoms with van der Waals surface area (Å²) >= 11 is 0. The number of carbonyl (C=O) groups is 2. The van der Waals surface area contributed by atoms with Gasteiger partial charge in [-0.25, -0.2) is 0 Å². The van der Waals surface area contributed by atoms with E-state index < -0.39 is 41.0 Å². The molecule has 1 aliphatic rings. The summed E-state index contributed by atoms with van der Waals surface area (Å²) in [7, 11) is 0. The molecule has 2 amide bonds. The van der Waals surface area contributed by atoms with Crippen molar-refractivity contribution in [3.05, 3.63) is 59.0 Å². The Kier molecular flexibility index (Phi) is 5.82. The van der Waals surface area contributed by atoms with Gasteiger partial charge < -0.3 is 14.6 Å². The molecular formula is C19H16F6N2O3. The Balaban J connectivity index is 1.68. The van der Waals surface area contributed by atoms with Crippen LogP contribution >= 0.6 is 0 Å². The van der Waals surface area contributed by atoms with Gasteiger partial charge in [0.2, 0.25) is 0 Å². The van der Waals surface area contributed by atoms with Crippen LogP contribution in [0.1, 0.15) is 44.7 Å². The van der Waals surface area contributed by atoms with Crippen LogP contribution in [0.2, 0.25) is 0 Å². The number of piperidine rings is 1. The average molecular weight is 434 g/mol. The lowest BCUT2D eigenvalue weighted by atomic mass is 10.0. The maximum absolute atomic E-state index is 13.0. The van der Waals surface area contributed by atoms with Crippen LogP contribution < -0.4 is 5.32 Å². The van der Waals surface area contributed by atoms with Crippen LogP contribution in [-0.2, 0) is 12.4 Å². The molecule has 5 nitrogen and oxygen atoms in total. The Hall–Kier alpha value is -2.98. The maximum Gasteiger partial charge on any atom is 0.416 e. The van der Waals surface area contributed by atoms with Gasteiger partial charge in [-0.3, -0.25) is 9.59 Å². The zero-order valence-corrected chi connectivity index (χ0v) is 15.3. The van der Waals surface area contributed by atoms with Gasteiger partial charge in [-0.15, -0.1) is 0 Å². The highest BCUT2D eigenvalue weighted by Gasteiger charge is 2.37. The Morgan fingerprint density at radius 2 is 1.50 bits per heavy atom. The van der Waals surface area contributed by atoms with Crippen molar-refractivity contribution >= 4 is 11.8 Å². The van der Waals surface area contributed by atoms with Gasteiger partial charge in [-0.2, -0.15) is 26.3 Å². The maximum atomic E-state index is 13.0. The van der Waals surface area contributed by atoms with Gasteiger partial charge in [-0.1, -0.05) is 0 Å². The third kappa shape index (κ3) is 4.95. The highest BCUT2D eigenvalue weighted by Crippen LogP contribution is 2.36. The van der Waals surface area contributed by atoms with Crippen LogP contribution in [-0.4, -0.2) is 35.8 Å². The van der Waals surface area contributed by atoms with Crippen LogP contribution in [0.15, 0.2) is 41.2 Å². The highest BCUT2D eigenvalue weighted by atomic mass is 19.4. The first-order valence-electron chi connectivity index (χ1n) is 8.87. The van der Waals surface area contributed by atoms with Gasteiger partial charge >= 0.3 is 12.4 Å². The van der Waals surface area contributed by atoms with Crippen LogP contribution in [0.3, 0.4) is 0 Å². The fraction of sp³-hybridized carbons (Fsp3) is 0.368. The lowest BCUT2D eigenvalue weighted by Gasteiger charge is -2.32. The van der Waals surface area contributed by atoms with E-state index in [-0.39, 0.29) is 25.1 Å². The summed E-state index contributed by atoms with van der Waals surface area (Å²) in [4.78, 5) is 26.1. The summed E-state index contributed by atoms with van der Waals surface area (Å²) < 4.78 is 82.6. The molecule has 0 atom stereocenters. The molecule has 0 bridgehead atoms. The van der Waals surface area contributed by atoms with Crippen LogP contribution in [0, 0.1) is 0 Å². The van der Waals surface area contributed by atoms with E-state index in [2.05, 4.69) is 5.32 Å².